The van der Waals surface area contributed by atoms with E-state index in [9.17, 15) is 8.42 Å². The minimum atomic E-state index is -3.38. The van der Waals surface area contributed by atoms with Crippen molar-refractivity contribution in [1.82, 2.24) is 4.31 Å². The molecule has 110 valence electrons. The third-order valence-corrected chi connectivity index (χ3v) is 5.53. The summed E-state index contributed by atoms with van der Waals surface area (Å²) in [6, 6.07) is 7.68. The molecule has 0 radical (unpaired) electrons. The zero-order valence-corrected chi connectivity index (χ0v) is 12.4. The quantitative estimate of drug-likeness (QED) is 0.925. The summed E-state index contributed by atoms with van der Waals surface area (Å²) in [6.45, 7) is 3.44. The first-order valence-electron chi connectivity index (χ1n) is 7.28. The van der Waals surface area contributed by atoms with Crippen LogP contribution in [-0.4, -0.2) is 38.9 Å². The molecule has 2 fully saturated rings. The molecule has 0 aliphatic carbocycles. The van der Waals surface area contributed by atoms with Gasteiger partial charge in [-0.25, -0.2) is 0 Å². The average molecular weight is 295 g/mol. The van der Waals surface area contributed by atoms with Gasteiger partial charge in [-0.3, -0.25) is 4.72 Å². The van der Waals surface area contributed by atoms with Crippen LogP contribution < -0.4 is 9.62 Å². The van der Waals surface area contributed by atoms with Crippen molar-refractivity contribution in [3.05, 3.63) is 24.3 Å². The van der Waals surface area contributed by atoms with Crippen molar-refractivity contribution in [2.75, 3.05) is 35.8 Å². The van der Waals surface area contributed by atoms with Gasteiger partial charge in [0.1, 0.15) is 0 Å². The van der Waals surface area contributed by atoms with E-state index in [0.29, 0.717) is 18.8 Å². The average Bonchev–Trinajstić information content (AvgIpc) is 3.13. The lowest BCUT2D eigenvalue weighted by molar-refractivity contribution is 0.482. The largest absolute Gasteiger partial charge is 0.372 e. The SMILES string of the molecule is O=S(=O)(Nc1ccc(N2CCCC2)cc1)N1CCCC1. The van der Waals surface area contributed by atoms with Gasteiger partial charge in [-0.2, -0.15) is 12.7 Å². The smallest absolute Gasteiger partial charge is 0.301 e. The molecule has 2 aliphatic rings. The highest BCUT2D eigenvalue weighted by Gasteiger charge is 2.25. The molecule has 2 saturated heterocycles. The summed E-state index contributed by atoms with van der Waals surface area (Å²) in [4.78, 5) is 2.33. The van der Waals surface area contributed by atoms with Gasteiger partial charge in [-0.1, -0.05) is 0 Å². The first kappa shape index (κ1) is 13.7. The number of hydrogen-bond donors (Lipinski definition) is 1. The van der Waals surface area contributed by atoms with Gasteiger partial charge >= 0.3 is 10.2 Å². The minimum absolute atomic E-state index is 0.626. The van der Waals surface area contributed by atoms with Crippen LogP contribution in [0, 0.1) is 0 Å². The Hall–Kier alpha value is -1.27. The van der Waals surface area contributed by atoms with Gasteiger partial charge in [-0.05, 0) is 49.9 Å². The maximum absolute atomic E-state index is 12.1. The van der Waals surface area contributed by atoms with E-state index in [4.69, 9.17) is 0 Å². The third kappa shape index (κ3) is 2.91. The molecule has 0 unspecified atom stereocenters. The van der Waals surface area contributed by atoms with Crippen LogP contribution in [0.1, 0.15) is 25.7 Å². The van der Waals surface area contributed by atoms with Crippen molar-refractivity contribution in [3.8, 4) is 0 Å². The monoisotopic (exact) mass is 295 g/mol. The molecule has 0 bridgehead atoms. The van der Waals surface area contributed by atoms with Gasteiger partial charge in [0.2, 0.25) is 0 Å². The molecule has 0 spiro atoms. The molecule has 6 heteroatoms. The second-order valence-electron chi connectivity index (χ2n) is 5.45. The molecule has 2 heterocycles. The van der Waals surface area contributed by atoms with Gasteiger partial charge in [0.25, 0.3) is 0 Å². The van der Waals surface area contributed by atoms with Crippen molar-refractivity contribution >= 4 is 21.6 Å². The number of benzene rings is 1. The number of nitrogens with zero attached hydrogens (tertiary/aromatic N) is 2. The molecule has 20 heavy (non-hydrogen) atoms. The van der Waals surface area contributed by atoms with Crippen molar-refractivity contribution in [2.24, 2.45) is 0 Å². The zero-order chi connectivity index (χ0) is 14.0. The van der Waals surface area contributed by atoms with Crippen LogP contribution in [0.15, 0.2) is 24.3 Å². The van der Waals surface area contributed by atoms with E-state index in [1.54, 1.807) is 0 Å². The summed E-state index contributed by atoms with van der Waals surface area (Å²) in [5.41, 5.74) is 1.81. The summed E-state index contributed by atoms with van der Waals surface area (Å²) >= 11 is 0. The Balaban J connectivity index is 1.68. The van der Waals surface area contributed by atoms with Crippen LogP contribution in [0.5, 0.6) is 0 Å². The fraction of sp³-hybridized carbons (Fsp3) is 0.571. The molecule has 2 aliphatic heterocycles. The highest BCUT2D eigenvalue weighted by molar-refractivity contribution is 7.90. The standard InChI is InChI=1S/C14H21N3O2S/c18-20(19,17-11-3-4-12-17)15-13-5-7-14(8-6-13)16-9-1-2-10-16/h5-8,15H,1-4,9-12H2. The normalized spacial score (nSPS) is 20.5. The summed E-state index contributed by atoms with van der Waals surface area (Å²) in [5, 5.41) is 0. The van der Waals surface area contributed by atoms with E-state index in [2.05, 4.69) is 9.62 Å². The number of rotatable bonds is 4. The first-order chi connectivity index (χ1) is 9.65. The predicted octanol–water partition coefficient (Wildman–Crippen LogP) is 2.04. The molecule has 3 rings (SSSR count). The molecule has 1 N–H and O–H groups in total. The fourth-order valence-electron chi connectivity index (χ4n) is 2.86. The van der Waals surface area contributed by atoms with Gasteiger partial charge in [0.05, 0.1) is 0 Å². The van der Waals surface area contributed by atoms with Crippen molar-refractivity contribution in [3.63, 3.8) is 0 Å². The third-order valence-electron chi connectivity index (χ3n) is 3.99. The molecule has 1 aromatic carbocycles. The lowest BCUT2D eigenvalue weighted by Crippen LogP contribution is -2.33. The van der Waals surface area contributed by atoms with Crippen LogP contribution in [0.2, 0.25) is 0 Å². The van der Waals surface area contributed by atoms with Crippen LogP contribution >= 0.6 is 0 Å². The lowest BCUT2D eigenvalue weighted by atomic mass is 10.2. The van der Waals surface area contributed by atoms with E-state index in [1.165, 1.54) is 22.8 Å². The maximum Gasteiger partial charge on any atom is 0.301 e. The van der Waals surface area contributed by atoms with E-state index < -0.39 is 10.2 Å². The molecular weight excluding hydrogens is 274 g/mol. The van der Waals surface area contributed by atoms with Crippen molar-refractivity contribution in [1.29, 1.82) is 0 Å². The summed E-state index contributed by atoms with van der Waals surface area (Å²) in [7, 11) is -3.38. The molecule has 1 aromatic rings. The Morgan fingerprint density at radius 3 is 2.00 bits per heavy atom. The second kappa shape index (κ2) is 5.61. The molecule has 0 saturated carbocycles. The summed E-state index contributed by atoms with van der Waals surface area (Å²) in [6.07, 6.45) is 4.39. The minimum Gasteiger partial charge on any atom is -0.372 e. The molecular formula is C14H21N3O2S. The van der Waals surface area contributed by atoms with Gasteiger partial charge < -0.3 is 4.90 Å². The van der Waals surface area contributed by atoms with E-state index in [1.807, 2.05) is 24.3 Å². The topological polar surface area (TPSA) is 52.7 Å². The highest BCUT2D eigenvalue weighted by atomic mass is 32.2. The maximum atomic E-state index is 12.1. The van der Waals surface area contributed by atoms with Gasteiger partial charge in [0, 0.05) is 37.6 Å². The second-order valence-corrected chi connectivity index (χ2v) is 7.12. The highest BCUT2D eigenvalue weighted by Crippen LogP contribution is 2.23. The van der Waals surface area contributed by atoms with E-state index >= 15 is 0 Å². The van der Waals surface area contributed by atoms with Gasteiger partial charge in [-0.15, -0.1) is 0 Å². The Morgan fingerprint density at radius 2 is 1.40 bits per heavy atom. The molecule has 0 atom stereocenters. The van der Waals surface area contributed by atoms with Crippen molar-refractivity contribution < 1.29 is 8.42 Å². The van der Waals surface area contributed by atoms with E-state index in [-0.39, 0.29) is 0 Å². The zero-order valence-electron chi connectivity index (χ0n) is 11.6. The number of hydrogen-bond acceptors (Lipinski definition) is 3. The molecule has 0 amide bonds. The molecule has 5 nitrogen and oxygen atoms in total. The van der Waals surface area contributed by atoms with Crippen LogP contribution in [0.25, 0.3) is 0 Å². The Morgan fingerprint density at radius 1 is 0.850 bits per heavy atom. The number of anilines is 2. The first-order valence-corrected chi connectivity index (χ1v) is 8.72. The number of nitrogens with one attached hydrogen (secondary N) is 1. The Labute approximate surface area is 120 Å². The van der Waals surface area contributed by atoms with Crippen molar-refractivity contribution in [2.45, 2.75) is 25.7 Å². The Bertz CT molecular complexity index is 544. The van der Waals surface area contributed by atoms with Crippen LogP contribution in [-0.2, 0) is 10.2 Å². The molecule has 0 aromatic heterocycles. The van der Waals surface area contributed by atoms with Crippen LogP contribution in [0.4, 0.5) is 11.4 Å². The van der Waals surface area contributed by atoms with Crippen LogP contribution in [0.3, 0.4) is 0 Å². The fourth-order valence-corrected chi connectivity index (χ4v) is 4.16. The lowest BCUT2D eigenvalue weighted by Gasteiger charge is -2.19. The Kier molecular flexibility index (Phi) is 3.85. The van der Waals surface area contributed by atoms with Gasteiger partial charge in [0.15, 0.2) is 0 Å². The summed E-state index contributed by atoms with van der Waals surface area (Å²) < 4.78 is 28.5. The predicted molar refractivity (Wildman–Crippen MR) is 81.2 cm³/mol. The van der Waals surface area contributed by atoms with E-state index in [0.717, 1.165) is 25.9 Å². The summed E-state index contributed by atoms with van der Waals surface area (Å²) in [5.74, 6) is 0.